The lowest BCUT2D eigenvalue weighted by Gasteiger charge is -2.31. The smallest absolute Gasteiger partial charge is 0.251 e. The van der Waals surface area contributed by atoms with E-state index in [0.29, 0.717) is 18.4 Å². The molecular weight excluding hydrogens is 386 g/mol. The van der Waals surface area contributed by atoms with Crippen LogP contribution in [0.15, 0.2) is 42.5 Å². The van der Waals surface area contributed by atoms with Gasteiger partial charge in [0.15, 0.2) is 0 Å². The fraction of sp³-hybridized carbons (Fsp3) is 0.458. The summed E-state index contributed by atoms with van der Waals surface area (Å²) < 4.78 is 28.9. The Morgan fingerprint density at radius 2 is 1.63 bits per heavy atom. The average Bonchev–Trinajstić information content (AvgIpc) is 3.22. The largest absolute Gasteiger partial charge is 0.393 e. The van der Waals surface area contributed by atoms with E-state index in [9.17, 15) is 18.7 Å². The van der Waals surface area contributed by atoms with Gasteiger partial charge in [0.1, 0.15) is 11.6 Å². The van der Waals surface area contributed by atoms with Gasteiger partial charge in [0, 0.05) is 41.9 Å². The molecule has 2 aliphatic rings. The van der Waals surface area contributed by atoms with Gasteiger partial charge in [0.25, 0.3) is 5.91 Å². The molecule has 2 fully saturated rings. The van der Waals surface area contributed by atoms with Gasteiger partial charge in [0.05, 0.1) is 6.10 Å². The molecule has 160 valence electrons. The Hall–Kier alpha value is -2.47. The Balaban J connectivity index is 1.44. The third-order valence-electron chi connectivity index (χ3n) is 6.60. The highest BCUT2D eigenvalue weighted by atomic mass is 19.1. The predicted molar refractivity (Wildman–Crippen MR) is 113 cm³/mol. The number of amides is 1. The predicted octanol–water partition coefficient (Wildman–Crippen LogP) is 4.17. The van der Waals surface area contributed by atoms with Crippen molar-refractivity contribution in [2.75, 3.05) is 24.5 Å². The molecule has 0 aromatic heterocycles. The van der Waals surface area contributed by atoms with Crippen molar-refractivity contribution < 1.29 is 18.7 Å². The van der Waals surface area contributed by atoms with Gasteiger partial charge in [-0.25, -0.2) is 8.78 Å². The molecule has 2 N–H and O–H groups in total. The van der Waals surface area contributed by atoms with Crippen LogP contribution in [0.4, 0.5) is 14.5 Å². The number of anilines is 1. The maximum Gasteiger partial charge on any atom is 0.251 e. The second kappa shape index (κ2) is 8.72. The quantitative estimate of drug-likeness (QED) is 0.772. The summed E-state index contributed by atoms with van der Waals surface area (Å²) in [7, 11) is 0. The Kier molecular flexibility index (Phi) is 6.04. The second-order valence-corrected chi connectivity index (χ2v) is 8.53. The summed E-state index contributed by atoms with van der Waals surface area (Å²) in [6, 6.07) is 11.3. The van der Waals surface area contributed by atoms with E-state index in [4.69, 9.17) is 0 Å². The third-order valence-corrected chi connectivity index (χ3v) is 6.60. The minimum Gasteiger partial charge on any atom is -0.393 e. The van der Waals surface area contributed by atoms with Crippen molar-refractivity contribution in [3.63, 3.8) is 0 Å². The lowest BCUT2D eigenvalue weighted by atomic mass is 9.78. The summed E-state index contributed by atoms with van der Waals surface area (Å²) in [5.41, 5.74) is 0.960. The van der Waals surface area contributed by atoms with Gasteiger partial charge in [-0.1, -0.05) is 18.9 Å². The highest BCUT2D eigenvalue weighted by molar-refractivity contribution is 5.94. The Morgan fingerprint density at radius 3 is 2.23 bits per heavy atom. The van der Waals surface area contributed by atoms with Crippen LogP contribution in [0.3, 0.4) is 0 Å². The van der Waals surface area contributed by atoms with Crippen LogP contribution < -0.4 is 10.2 Å². The summed E-state index contributed by atoms with van der Waals surface area (Å²) in [5.74, 6) is -1.32. The number of nitrogens with zero attached hydrogens (tertiary/aromatic N) is 1. The Bertz CT molecular complexity index is 866. The number of piperidine rings is 1. The van der Waals surface area contributed by atoms with Gasteiger partial charge in [-0.2, -0.15) is 0 Å². The monoisotopic (exact) mass is 414 g/mol. The molecule has 1 aliphatic heterocycles. The van der Waals surface area contributed by atoms with Gasteiger partial charge in [-0.15, -0.1) is 0 Å². The second-order valence-electron chi connectivity index (χ2n) is 8.53. The van der Waals surface area contributed by atoms with E-state index in [2.05, 4.69) is 10.2 Å². The van der Waals surface area contributed by atoms with E-state index >= 15 is 0 Å². The molecule has 0 atom stereocenters. The van der Waals surface area contributed by atoms with Crippen LogP contribution in [-0.2, 0) is 5.41 Å². The van der Waals surface area contributed by atoms with E-state index in [1.54, 1.807) is 12.1 Å². The molecule has 1 saturated heterocycles. The van der Waals surface area contributed by atoms with Crippen LogP contribution in [0.5, 0.6) is 0 Å². The minimum atomic E-state index is -0.695. The molecule has 1 aliphatic carbocycles. The Morgan fingerprint density at radius 1 is 1.03 bits per heavy atom. The molecule has 0 radical (unpaired) electrons. The number of benzene rings is 2. The number of carbonyl (C=O) groups excluding carboxylic acids is 1. The van der Waals surface area contributed by atoms with Crippen molar-refractivity contribution in [3.05, 3.63) is 65.2 Å². The number of rotatable bonds is 5. The SMILES string of the molecule is O=C(NCC1(c2c(F)cccc2F)CCCC1)c1ccc(N2CCC(O)CC2)cc1. The summed E-state index contributed by atoms with van der Waals surface area (Å²) in [6.45, 7) is 1.81. The first kappa shape index (κ1) is 20.8. The summed E-state index contributed by atoms with van der Waals surface area (Å²) >= 11 is 0. The molecule has 0 bridgehead atoms. The molecule has 4 rings (SSSR count). The van der Waals surface area contributed by atoms with Crippen LogP contribution in [0, 0.1) is 11.6 Å². The molecule has 1 heterocycles. The molecule has 1 saturated carbocycles. The first-order valence-corrected chi connectivity index (χ1v) is 10.7. The van der Waals surface area contributed by atoms with Crippen molar-refractivity contribution in [1.82, 2.24) is 5.32 Å². The maximum absolute atomic E-state index is 14.5. The van der Waals surface area contributed by atoms with Crippen molar-refractivity contribution in [1.29, 1.82) is 0 Å². The lowest BCUT2D eigenvalue weighted by Crippen LogP contribution is -2.40. The van der Waals surface area contributed by atoms with Gasteiger partial charge >= 0.3 is 0 Å². The van der Waals surface area contributed by atoms with Gasteiger partial charge < -0.3 is 15.3 Å². The molecule has 4 nitrogen and oxygen atoms in total. The summed E-state index contributed by atoms with van der Waals surface area (Å²) in [6.07, 6.45) is 4.36. The minimum absolute atomic E-state index is 0.102. The van der Waals surface area contributed by atoms with Crippen molar-refractivity contribution in [2.24, 2.45) is 0 Å². The first-order chi connectivity index (χ1) is 14.5. The molecule has 2 aromatic carbocycles. The van der Waals surface area contributed by atoms with E-state index in [-0.39, 0.29) is 24.1 Å². The standard InChI is InChI=1S/C24H28F2N2O2/c25-20-4-3-5-21(26)22(20)24(12-1-2-13-24)16-27-23(30)17-6-8-18(9-7-17)28-14-10-19(29)11-15-28/h3-9,19,29H,1-2,10-16H2,(H,27,30). The summed E-state index contributed by atoms with van der Waals surface area (Å²) in [5, 5.41) is 12.6. The van der Waals surface area contributed by atoms with Crippen molar-refractivity contribution in [3.8, 4) is 0 Å². The fourth-order valence-corrected chi connectivity index (χ4v) is 4.87. The highest BCUT2D eigenvalue weighted by Crippen LogP contribution is 2.42. The summed E-state index contributed by atoms with van der Waals surface area (Å²) in [4.78, 5) is 14.9. The van der Waals surface area contributed by atoms with Crippen LogP contribution >= 0.6 is 0 Å². The number of halogens is 2. The normalized spacial score (nSPS) is 19.1. The average molecular weight is 414 g/mol. The van der Waals surface area contributed by atoms with Crippen molar-refractivity contribution >= 4 is 11.6 Å². The van der Waals surface area contributed by atoms with Gasteiger partial charge in [0.2, 0.25) is 0 Å². The van der Waals surface area contributed by atoms with E-state index in [1.807, 2.05) is 12.1 Å². The molecule has 6 heteroatoms. The number of carbonyl (C=O) groups is 1. The molecule has 0 spiro atoms. The highest BCUT2D eigenvalue weighted by Gasteiger charge is 2.40. The number of aliphatic hydroxyl groups excluding tert-OH is 1. The van der Waals surface area contributed by atoms with Crippen LogP contribution in [0.25, 0.3) is 0 Å². The topological polar surface area (TPSA) is 52.6 Å². The lowest BCUT2D eigenvalue weighted by molar-refractivity contribution is 0.0942. The zero-order valence-electron chi connectivity index (χ0n) is 17.0. The Labute approximate surface area is 175 Å². The van der Waals surface area contributed by atoms with Gasteiger partial charge in [-0.05, 0) is 62.1 Å². The van der Waals surface area contributed by atoms with E-state index in [0.717, 1.165) is 44.5 Å². The fourth-order valence-electron chi connectivity index (χ4n) is 4.87. The molecular formula is C24H28F2N2O2. The van der Waals surface area contributed by atoms with Crippen LogP contribution in [0.1, 0.15) is 54.4 Å². The van der Waals surface area contributed by atoms with E-state index in [1.165, 1.54) is 18.2 Å². The zero-order valence-corrected chi connectivity index (χ0v) is 17.0. The third kappa shape index (κ3) is 4.19. The zero-order chi connectivity index (χ0) is 21.1. The molecule has 1 amide bonds. The maximum atomic E-state index is 14.5. The number of aliphatic hydroxyl groups is 1. The van der Waals surface area contributed by atoms with Crippen molar-refractivity contribution in [2.45, 2.75) is 50.0 Å². The molecule has 2 aromatic rings. The first-order valence-electron chi connectivity index (χ1n) is 10.7. The molecule has 30 heavy (non-hydrogen) atoms. The van der Waals surface area contributed by atoms with Crippen LogP contribution in [-0.4, -0.2) is 36.8 Å². The van der Waals surface area contributed by atoms with Gasteiger partial charge in [-0.3, -0.25) is 4.79 Å². The number of nitrogens with one attached hydrogen (secondary N) is 1. The number of hydrogen-bond acceptors (Lipinski definition) is 3. The number of hydrogen-bond donors (Lipinski definition) is 2. The molecule has 0 unspecified atom stereocenters. The van der Waals surface area contributed by atoms with E-state index < -0.39 is 17.0 Å². The van der Waals surface area contributed by atoms with Crippen LogP contribution in [0.2, 0.25) is 0 Å².